The number of hydrogen-bond donors (Lipinski definition) is 1. The minimum Gasteiger partial charge on any atom is -0.380 e. The summed E-state index contributed by atoms with van der Waals surface area (Å²) in [6, 6.07) is 3.83. The molecule has 0 aliphatic rings. The van der Waals surface area contributed by atoms with Crippen LogP contribution in [-0.2, 0) is 11.2 Å². The summed E-state index contributed by atoms with van der Waals surface area (Å²) in [5, 5.41) is 2.98. The molecule has 0 heterocycles. The van der Waals surface area contributed by atoms with Crippen LogP contribution in [0, 0.1) is 11.6 Å². The van der Waals surface area contributed by atoms with Crippen molar-refractivity contribution in [3.05, 3.63) is 35.4 Å². The fourth-order valence-corrected chi connectivity index (χ4v) is 1.48. The minimum absolute atomic E-state index is 0.0775. The van der Waals surface area contributed by atoms with Crippen LogP contribution in [0.4, 0.5) is 8.78 Å². The first kappa shape index (κ1) is 13.1. The van der Waals surface area contributed by atoms with Crippen LogP contribution >= 0.6 is 0 Å². The maximum absolute atomic E-state index is 13.4. The van der Waals surface area contributed by atoms with Gasteiger partial charge < -0.3 is 10.1 Å². The third-order valence-corrected chi connectivity index (χ3v) is 2.44. The van der Waals surface area contributed by atoms with Gasteiger partial charge in [-0.25, -0.2) is 8.78 Å². The first-order valence-electron chi connectivity index (χ1n) is 5.37. The Morgan fingerprint density at radius 1 is 1.31 bits per heavy atom. The second-order valence-corrected chi connectivity index (χ2v) is 3.55. The quantitative estimate of drug-likeness (QED) is 0.807. The third-order valence-electron chi connectivity index (χ3n) is 2.44. The summed E-state index contributed by atoms with van der Waals surface area (Å²) in [7, 11) is 1.75. The van der Waals surface area contributed by atoms with Crippen LogP contribution in [0.1, 0.15) is 12.5 Å². The van der Waals surface area contributed by atoms with Crippen molar-refractivity contribution in [1.82, 2.24) is 5.32 Å². The van der Waals surface area contributed by atoms with Crippen molar-refractivity contribution < 1.29 is 13.5 Å². The van der Waals surface area contributed by atoms with Gasteiger partial charge in [0, 0.05) is 18.2 Å². The molecule has 0 saturated heterocycles. The lowest BCUT2D eigenvalue weighted by Crippen LogP contribution is -2.33. The average molecular weight is 229 g/mol. The molecule has 0 saturated carbocycles. The summed E-state index contributed by atoms with van der Waals surface area (Å²) < 4.78 is 32.0. The number of halogens is 2. The van der Waals surface area contributed by atoms with E-state index >= 15 is 0 Å². The van der Waals surface area contributed by atoms with Crippen molar-refractivity contribution in [3.63, 3.8) is 0 Å². The van der Waals surface area contributed by atoms with Crippen LogP contribution in [0.2, 0.25) is 0 Å². The molecule has 0 aromatic heterocycles. The zero-order valence-electron chi connectivity index (χ0n) is 9.59. The van der Waals surface area contributed by atoms with Crippen LogP contribution < -0.4 is 5.32 Å². The first-order valence-corrected chi connectivity index (χ1v) is 5.37. The summed E-state index contributed by atoms with van der Waals surface area (Å²) in [6.45, 7) is 2.93. The van der Waals surface area contributed by atoms with Gasteiger partial charge in [0.2, 0.25) is 0 Å². The van der Waals surface area contributed by atoms with Gasteiger partial charge >= 0.3 is 0 Å². The Bertz CT molecular complexity index is 311. The van der Waals surface area contributed by atoms with Crippen molar-refractivity contribution in [1.29, 1.82) is 0 Å². The molecule has 16 heavy (non-hydrogen) atoms. The normalized spacial score (nSPS) is 12.8. The Morgan fingerprint density at radius 3 is 2.44 bits per heavy atom. The van der Waals surface area contributed by atoms with Crippen LogP contribution in [-0.4, -0.2) is 26.3 Å². The Hall–Kier alpha value is -1.00. The van der Waals surface area contributed by atoms with Gasteiger partial charge in [0.1, 0.15) is 11.6 Å². The van der Waals surface area contributed by atoms with E-state index in [2.05, 4.69) is 5.32 Å². The molecule has 90 valence electrons. The van der Waals surface area contributed by atoms with Gasteiger partial charge in [-0.05, 0) is 32.5 Å². The van der Waals surface area contributed by atoms with Crippen molar-refractivity contribution in [2.24, 2.45) is 0 Å². The maximum Gasteiger partial charge on any atom is 0.129 e. The van der Waals surface area contributed by atoms with E-state index in [1.165, 1.54) is 18.2 Å². The molecule has 1 aromatic carbocycles. The van der Waals surface area contributed by atoms with Crippen molar-refractivity contribution >= 4 is 0 Å². The second-order valence-electron chi connectivity index (χ2n) is 3.55. The molecule has 0 amide bonds. The van der Waals surface area contributed by atoms with E-state index in [1.54, 1.807) is 7.05 Å². The molecule has 1 rings (SSSR count). The van der Waals surface area contributed by atoms with E-state index in [0.717, 1.165) is 0 Å². The fraction of sp³-hybridized carbons (Fsp3) is 0.500. The number of benzene rings is 1. The van der Waals surface area contributed by atoms with Gasteiger partial charge in [-0.2, -0.15) is 0 Å². The lowest BCUT2D eigenvalue weighted by Gasteiger charge is -2.16. The monoisotopic (exact) mass is 229 g/mol. The van der Waals surface area contributed by atoms with E-state index in [0.29, 0.717) is 13.2 Å². The molecular formula is C12H17F2NO. The van der Waals surface area contributed by atoms with Crippen molar-refractivity contribution in [2.75, 3.05) is 20.3 Å². The lowest BCUT2D eigenvalue weighted by molar-refractivity contribution is 0.124. The maximum atomic E-state index is 13.4. The first-order chi connectivity index (χ1) is 7.69. The highest BCUT2D eigenvalue weighted by Gasteiger charge is 2.14. The van der Waals surface area contributed by atoms with E-state index in [1.807, 2.05) is 6.92 Å². The Morgan fingerprint density at radius 2 is 1.94 bits per heavy atom. The topological polar surface area (TPSA) is 21.3 Å². The summed E-state index contributed by atoms with van der Waals surface area (Å²) >= 11 is 0. The molecule has 1 aromatic rings. The number of likely N-dealkylation sites (N-methyl/N-ethyl adjacent to an activating group) is 1. The minimum atomic E-state index is -0.503. The summed E-state index contributed by atoms with van der Waals surface area (Å²) in [6.07, 6.45) is 0.287. The lowest BCUT2D eigenvalue weighted by atomic mass is 10.1. The third kappa shape index (κ3) is 3.54. The van der Waals surface area contributed by atoms with E-state index in [4.69, 9.17) is 4.74 Å². The van der Waals surface area contributed by atoms with Gasteiger partial charge in [0.15, 0.2) is 0 Å². The van der Waals surface area contributed by atoms with Crippen LogP contribution in [0.25, 0.3) is 0 Å². The molecule has 0 radical (unpaired) electrons. The van der Waals surface area contributed by atoms with Gasteiger partial charge in [0.05, 0.1) is 6.61 Å². The fourth-order valence-electron chi connectivity index (χ4n) is 1.48. The smallest absolute Gasteiger partial charge is 0.129 e. The van der Waals surface area contributed by atoms with Crippen LogP contribution in [0.5, 0.6) is 0 Å². The van der Waals surface area contributed by atoms with Crippen molar-refractivity contribution in [3.8, 4) is 0 Å². The highest BCUT2D eigenvalue weighted by molar-refractivity contribution is 5.20. The molecule has 0 spiro atoms. The molecule has 4 heteroatoms. The molecule has 0 aliphatic heterocycles. The molecule has 1 unspecified atom stereocenters. The van der Waals surface area contributed by atoms with Gasteiger partial charge in [-0.1, -0.05) is 6.07 Å². The Kier molecular flexibility index (Phi) is 5.35. The SMILES string of the molecule is CCOCC(Cc1c(F)cccc1F)NC. The highest BCUT2D eigenvalue weighted by atomic mass is 19.1. The predicted octanol–water partition coefficient (Wildman–Crippen LogP) is 2.13. The second kappa shape index (κ2) is 6.55. The van der Waals surface area contributed by atoms with Crippen LogP contribution in [0.15, 0.2) is 18.2 Å². The van der Waals surface area contributed by atoms with Gasteiger partial charge in [-0.15, -0.1) is 0 Å². The largest absolute Gasteiger partial charge is 0.380 e. The molecule has 0 bridgehead atoms. The van der Waals surface area contributed by atoms with E-state index < -0.39 is 11.6 Å². The summed E-state index contributed by atoms with van der Waals surface area (Å²) in [5.41, 5.74) is 0.113. The number of ether oxygens (including phenoxy) is 1. The molecule has 1 atom stereocenters. The number of nitrogens with one attached hydrogen (secondary N) is 1. The Labute approximate surface area is 94.6 Å². The zero-order chi connectivity index (χ0) is 12.0. The number of hydrogen-bond acceptors (Lipinski definition) is 2. The summed E-state index contributed by atoms with van der Waals surface area (Å²) in [4.78, 5) is 0. The highest BCUT2D eigenvalue weighted by Crippen LogP contribution is 2.14. The molecular weight excluding hydrogens is 212 g/mol. The zero-order valence-corrected chi connectivity index (χ0v) is 9.59. The van der Waals surface area contributed by atoms with Gasteiger partial charge in [0.25, 0.3) is 0 Å². The molecule has 0 aliphatic carbocycles. The van der Waals surface area contributed by atoms with Crippen molar-refractivity contribution in [2.45, 2.75) is 19.4 Å². The van der Waals surface area contributed by atoms with E-state index in [-0.39, 0.29) is 18.0 Å². The standard InChI is InChI=1S/C12H17F2NO/c1-3-16-8-9(15-2)7-10-11(13)5-4-6-12(10)14/h4-6,9,15H,3,7-8H2,1-2H3. The Balaban J connectivity index is 2.69. The molecule has 0 fully saturated rings. The summed E-state index contributed by atoms with van der Waals surface area (Å²) in [5.74, 6) is -1.01. The van der Waals surface area contributed by atoms with Crippen LogP contribution in [0.3, 0.4) is 0 Å². The number of rotatable bonds is 6. The molecule has 1 N–H and O–H groups in total. The van der Waals surface area contributed by atoms with E-state index in [9.17, 15) is 8.78 Å². The molecule has 2 nitrogen and oxygen atoms in total. The predicted molar refractivity (Wildman–Crippen MR) is 59.4 cm³/mol. The van der Waals surface area contributed by atoms with Gasteiger partial charge in [-0.3, -0.25) is 0 Å². The average Bonchev–Trinajstić information content (AvgIpc) is 2.28.